The van der Waals surface area contributed by atoms with Crippen LogP contribution in [0, 0.1) is 22.7 Å². The van der Waals surface area contributed by atoms with Crippen LogP contribution >= 0.6 is 0 Å². The first-order valence-corrected chi connectivity index (χ1v) is 26.6. The molecular weight excluding hydrogens is 929 g/mol. The van der Waals surface area contributed by atoms with Crippen LogP contribution in [0.2, 0.25) is 0 Å². The summed E-state index contributed by atoms with van der Waals surface area (Å²) in [6.07, 6.45) is 7.97. The minimum Gasteiger partial charge on any atom is -0.604 e. The van der Waals surface area contributed by atoms with E-state index in [1.807, 2.05) is 49.9 Å². The number of carbonyl (C=O) groups is 3. The van der Waals surface area contributed by atoms with Crippen LogP contribution in [-0.2, 0) is 42.7 Å². The second-order valence-corrected chi connectivity index (χ2v) is 25.1. The first-order chi connectivity index (χ1) is 34.8. The Labute approximate surface area is 437 Å². The van der Waals surface area contributed by atoms with Crippen LogP contribution in [0.3, 0.4) is 0 Å². The van der Waals surface area contributed by atoms with Crippen molar-refractivity contribution in [2.75, 3.05) is 27.3 Å². The number of likely N-dealkylation sites (tertiary alicyclic amines) is 2. The summed E-state index contributed by atoms with van der Waals surface area (Å²) in [6, 6.07) is 15.8. The number of imidazole rings is 2. The summed E-state index contributed by atoms with van der Waals surface area (Å²) in [6.45, 7) is 27.0. The number of H-pyrrole nitrogens is 2. The number of aromatic nitrogens is 4. The van der Waals surface area contributed by atoms with Gasteiger partial charge in [0.25, 0.3) is 0 Å². The number of nitrogens with zero attached hydrogens (tertiary/aromatic N) is 5. The predicted molar refractivity (Wildman–Crippen MR) is 288 cm³/mol. The Balaban J connectivity index is 1.01. The Morgan fingerprint density at radius 3 is 1.46 bits per heavy atom. The molecule has 394 valence electrons. The molecule has 0 bridgehead atoms. The summed E-state index contributed by atoms with van der Waals surface area (Å²) in [5.74, 6) is 0.816. The van der Waals surface area contributed by atoms with Crippen molar-refractivity contribution in [3.05, 3.63) is 94.8 Å². The molecule has 4 heterocycles. The van der Waals surface area contributed by atoms with Gasteiger partial charge in [0, 0.05) is 13.1 Å². The molecule has 0 spiro atoms. The van der Waals surface area contributed by atoms with Gasteiger partial charge in [0.05, 0.1) is 43.0 Å². The number of alkyl carbamates (subject to hydrolysis) is 1. The molecule has 2 aliphatic carbocycles. The van der Waals surface area contributed by atoms with E-state index in [4.69, 9.17) is 19.4 Å². The second kappa shape index (κ2) is 19.4. The molecule has 2 saturated heterocycles. The molecule has 9 rings (SSSR count). The van der Waals surface area contributed by atoms with Gasteiger partial charge in [-0.15, -0.1) is 0 Å². The van der Waals surface area contributed by atoms with E-state index >= 15 is 0 Å². The molecule has 4 atom stereocenters. The third-order valence-electron chi connectivity index (χ3n) is 16.6. The van der Waals surface area contributed by atoms with Gasteiger partial charge in [-0.1, -0.05) is 132 Å². The molecule has 5 aromatic rings. The minimum atomic E-state index is -0.844. The number of amides is 3. The normalized spacial score (nSPS) is 21.2. The van der Waals surface area contributed by atoms with Crippen LogP contribution in [0.1, 0.15) is 155 Å². The van der Waals surface area contributed by atoms with Gasteiger partial charge in [0.1, 0.15) is 29.8 Å². The van der Waals surface area contributed by atoms with Gasteiger partial charge in [-0.25, -0.2) is 14.8 Å². The van der Waals surface area contributed by atoms with Crippen LogP contribution in [0.15, 0.2) is 65.9 Å². The maximum absolute atomic E-state index is 14.1. The monoisotopic (exact) mass is 1010 g/mol. The number of hydrogen-bond donors (Lipinski definition) is 3. The summed E-state index contributed by atoms with van der Waals surface area (Å²) >= 11 is 0. The number of benzene rings is 3. The topological polar surface area (TPSA) is 181 Å². The fraction of sp³-hybridized carbons (Fsp3) is 0.533. The van der Waals surface area contributed by atoms with E-state index in [0.717, 1.165) is 72.7 Å². The van der Waals surface area contributed by atoms with Gasteiger partial charge < -0.3 is 39.7 Å². The lowest BCUT2D eigenvalue weighted by molar-refractivity contribution is -0.248. The van der Waals surface area contributed by atoms with Gasteiger partial charge >= 0.3 is 6.09 Å². The third-order valence-corrected chi connectivity index (χ3v) is 16.6. The van der Waals surface area contributed by atoms with Gasteiger partial charge in [0.2, 0.25) is 11.8 Å². The Morgan fingerprint density at radius 2 is 1.07 bits per heavy atom. The number of hydrogen-bond acceptors (Lipinski definition) is 9. The van der Waals surface area contributed by atoms with Crippen molar-refractivity contribution in [3.63, 3.8) is 0 Å². The molecule has 2 aromatic heterocycles. The Bertz CT molecular complexity index is 2980. The fourth-order valence-electron chi connectivity index (χ4n) is 12.7. The van der Waals surface area contributed by atoms with E-state index < -0.39 is 24.3 Å². The number of ether oxygens (including phenoxy) is 2. The molecule has 14 nitrogen and oxygen atoms in total. The second-order valence-electron chi connectivity index (χ2n) is 25.1. The van der Waals surface area contributed by atoms with Crippen LogP contribution in [-0.4, -0.2) is 93.1 Å². The Kier molecular flexibility index (Phi) is 13.7. The molecule has 74 heavy (non-hydrogen) atoms. The van der Waals surface area contributed by atoms with E-state index in [1.165, 1.54) is 58.7 Å². The first-order valence-electron chi connectivity index (χ1n) is 26.6. The number of fused-ring (bicyclic) bond motifs is 2. The maximum Gasteiger partial charge on any atom is 0.407 e. The summed E-state index contributed by atoms with van der Waals surface area (Å²) < 4.78 is 9.68. The summed E-state index contributed by atoms with van der Waals surface area (Å²) in [5, 5.41) is 15.0. The summed E-state index contributed by atoms with van der Waals surface area (Å²) in [5.41, 5.74) is 14.5. The number of carbonyl (C=O) groups excluding carboxylic acids is 3. The molecule has 4 aliphatic rings. The number of rotatable bonds is 12. The molecule has 2 unspecified atom stereocenters. The van der Waals surface area contributed by atoms with Crippen LogP contribution < -0.4 is 10.4 Å². The van der Waals surface area contributed by atoms with Crippen molar-refractivity contribution in [2.24, 2.45) is 27.7 Å². The van der Waals surface area contributed by atoms with Gasteiger partial charge in [0.15, 0.2) is 0 Å². The molecule has 14 heteroatoms. The zero-order chi connectivity index (χ0) is 53.4. The zero-order valence-electron chi connectivity index (χ0n) is 46.1. The van der Waals surface area contributed by atoms with Crippen LogP contribution in [0.5, 0.6) is 0 Å². The Hall–Kier alpha value is -6.44. The van der Waals surface area contributed by atoms with Crippen molar-refractivity contribution in [1.82, 2.24) is 35.1 Å². The zero-order valence-corrected chi connectivity index (χ0v) is 46.1. The Morgan fingerprint density at radius 1 is 0.649 bits per heavy atom. The van der Waals surface area contributed by atoms with Crippen LogP contribution in [0.25, 0.3) is 44.8 Å². The summed E-state index contributed by atoms with van der Waals surface area (Å²) in [7, 11) is 2.59. The predicted octanol–water partition coefficient (Wildman–Crippen LogP) is 10.6. The number of methoxy groups -OCH3 is 2. The third kappa shape index (κ3) is 9.73. The van der Waals surface area contributed by atoms with Gasteiger partial charge in [-0.05, 0) is 135 Å². The highest BCUT2D eigenvalue weighted by Gasteiger charge is 2.47. The fourth-order valence-corrected chi connectivity index (χ4v) is 12.7. The largest absolute Gasteiger partial charge is 0.604 e. The average Bonchev–Trinajstić information content (AvgIpc) is 4.23. The molecule has 2 aliphatic heterocycles. The average molecular weight is 1010 g/mol. The number of aliphatic imine (C=N–C) groups is 1. The molecule has 3 N–H and O–H groups in total. The van der Waals surface area contributed by atoms with E-state index in [-0.39, 0.29) is 57.4 Å². The van der Waals surface area contributed by atoms with E-state index in [0.29, 0.717) is 13.1 Å². The lowest BCUT2D eigenvalue weighted by atomic mass is 9.73. The van der Waals surface area contributed by atoms with Gasteiger partial charge in [-0.3, -0.25) is 14.6 Å². The van der Waals surface area contributed by atoms with Gasteiger partial charge in [-0.2, -0.15) is 0 Å². The first kappa shape index (κ1) is 52.4. The minimum absolute atomic E-state index is 0.0314. The molecule has 0 radical (unpaired) electrons. The lowest BCUT2D eigenvalue weighted by Gasteiger charge is -2.30. The number of aromatic amines is 2. The van der Waals surface area contributed by atoms with Crippen molar-refractivity contribution in [2.45, 2.75) is 157 Å². The standard InChI is InChI=1S/C60H78N8O6/c1-33(2)49(65-55(71)73-13)53(69)67-31-57(5,6)27-43(67)51-61-29-41(63-51)35-15-19-37(20-16-35)45-39-23-25-60(11,12)48(39)46(40-24-26-59(9,10)47(40)45)38-21-17-36(18-22-38)42-30-62-52(64-42)44-28-58(7,8)32-68(44)54(70)50(34(3)4)66-56(72)74-14/h15-22,29-30,33-34,43-44,49-50H,23-28,31-32H2,1-14H3,(H,61,63)(H,62,64)(H,65,71)(H,66,72)/p-1/t43-,44-,49?,50?/m0/s1. The number of nitrogens with one attached hydrogen (secondary N) is 3. The van der Waals surface area contributed by atoms with Crippen LogP contribution in [0.4, 0.5) is 4.79 Å². The molecule has 3 aromatic carbocycles. The van der Waals surface area contributed by atoms with E-state index in [2.05, 4.69) is 124 Å². The van der Waals surface area contributed by atoms with E-state index in [9.17, 15) is 19.5 Å². The quantitative estimate of drug-likeness (QED) is 0.0815. The molecule has 3 amide bonds. The highest BCUT2D eigenvalue weighted by Crippen LogP contribution is 2.57. The maximum atomic E-state index is 14.1. The summed E-state index contributed by atoms with van der Waals surface area (Å²) in [4.78, 5) is 65.2. The van der Waals surface area contributed by atoms with Crippen molar-refractivity contribution >= 4 is 24.0 Å². The lowest BCUT2D eigenvalue weighted by Crippen LogP contribution is -2.51. The highest BCUT2D eigenvalue weighted by atomic mass is 16.6. The van der Waals surface area contributed by atoms with E-state index in [1.54, 1.807) is 0 Å². The molecular formula is C60H77N8O6-. The molecule has 0 saturated carbocycles. The van der Waals surface area contributed by atoms with Crippen molar-refractivity contribution < 1.29 is 29.0 Å². The highest BCUT2D eigenvalue weighted by molar-refractivity contribution is 5.89. The smallest absolute Gasteiger partial charge is 0.407 e. The van der Waals surface area contributed by atoms with Crippen molar-refractivity contribution in [3.8, 4) is 44.8 Å². The SMILES string of the molecule is COC(=O)NC(C(=O)N1CC(C)(C)C[C@H]1c1ncc(-c2ccc(-c3c4c(c(-c5ccc(-c6cnc([C@@H]7CC(C)(C)CN7C(=O)C(N=C([O-])OC)C(C)C)[nH]6)cc5)c5c3C(C)(C)CC5)C(C)(C)CC4)cc2)[nH]1)C(C)C. The molecule has 2 fully saturated rings. The van der Waals surface area contributed by atoms with Crippen molar-refractivity contribution in [1.29, 1.82) is 0 Å².